The molecule has 1 heterocycles. The van der Waals surface area contributed by atoms with Gasteiger partial charge in [0.1, 0.15) is 6.10 Å². The first kappa shape index (κ1) is 14.9. The molecule has 0 N–H and O–H groups in total. The van der Waals surface area contributed by atoms with Crippen molar-refractivity contribution in [1.29, 1.82) is 0 Å². The van der Waals surface area contributed by atoms with E-state index in [9.17, 15) is 9.59 Å². The second-order valence-corrected chi connectivity index (χ2v) is 3.86. The second kappa shape index (κ2) is 6.67. The molecule has 1 saturated heterocycles. The van der Waals surface area contributed by atoms with Crippen LogP contribution in [0.3, 0.4) is 0 Å². The van der Waals surface area contributed by atoms with E-state index in [1.54, 1.807) is 0 Å². The van der Waals surface area contributed by atoms with Crippen molar-refractivity contribution in [2.75, 3.05) is 20.8 Å². The maximum atomic E-state index is 11.1. The van der Waals surface area contributed by atoms with E-state index in [4.69, 9.17) is 23.7 Å². The van der Waals surface area contributed by atoms with Gasteiger partial charge in [0.05, 0.1) is 6.61 Å². The molecule has 0 aromatic heterocycles. The summed E-state index contributed by atoms with van der Waals surface area (Å²) in [5.41, 5.74) is 0. The second-order valence-electron chi connectivity index (χ2n) is 3.86. The number of hydrogen-bond donors (Lipinski definition) is 0. The van der Waals surface area contributed by atoms with E-state index in [0.29, 0.717) is 0 Å². The van der Waals surface area contributed by atoms with E-state index >= 15 is 0 Å². The summed E-state index contributed by atoms with van der Waals surface area (Å²) in [6, 6.07) is 0. The molecule has 7 heteroatoms. The average molecular weight is 262 g/mol. The van der Waals surface area contributed by atoms with E-state index in [0.717, 1.165) is 0 Å². The van der Waals surface area contributed by atoms with Crippen molar-refractivity contribution in [3.8, 4) is 0 Å². The summed E-state index contributed by atoms with van der Waals surface area (Å²) in [7, 11) is 2.89. The smallest absolute Gasteiger partial charge is 0.303 e. The summed E-state index contributed by atoms with van der Waals surface area (Å²) in [6.07, 6.45) is -2.72. The summed E-state index contributed by atoms with van der Waals surface area (Å²) in [6.45, 7) is 2.68. The normalized spacial score (nSPS) is 27.3. The highest BCUT2D eigenvalue weighted by atomic mass is 16.7. The minimum Gasteiger partial charge on any atom is -0.456 e. The number of carbonyl (C=O) groups is 2. The van der Waals surface area contributed by atoms with Crippen molar-refractivity contribution in [2.24, 2.45) is 0 Å². The van der Waals surface area contributed by atoms with Crippen LogP contribution in [-0.4, -0.2) is 57.4 Å². The van der Waals surface area contributed by atoms with E-state index in [2.05, 4.69) is 0 Å². The monoisotopic (exact) mass is 262 g/mol. The summed E-state index contributed by atoms with van der Waals surface area (Å²) in [4.78, 5) is 22.0. The number of carbonyl (C=O) groups excluding carboxylic acids is 2. The Morgan fingerprint density at radius 1 is 1.11 bits per heavy atom. The molecule has 1 rings (SSSR count). The van der Waals surface area contributed by atoms with Crippen LogP contribution in [0.25, 0.3) is 0 Å². The largest absolute Gasteiger partial charge is 0.456 e. The molecule has 0 radical (unpaired) electrons. The highest BCUT2D eigenvalue weighted by molar-refractivity contribution is 5.67. The summed E-state index contributed by atoms with van der Waals surface area (Å²) >= 11 is 0. The zero-order valence-electron chi connectivity index (χ0n) is 10.9. The third kappa shape index (κ3) is 3.66. The molecule has 0 aromatic rings. The first-order chi connectivity index (χ1) is 8.49. The van der Waals surface area contributed by atoms with Gasteiger partial charge in [-0.3, -0.25) is 9.59 Å². The molecule has 0 saturated carbocycles. The van der Waals surface area contributed by atoms with Gasteiger partial charge in [-0.05, 0) is 0 Å². The molecule has 3 atom stereocenters. The Kier molecular flexibility index (Phi) is 5.52. The fraction of sp³-hybridized carbons (Fsp3) is 0.818. The van der Waals surface area contributed by atoms with Crippen LogP contribution in [0, 0.1) is 0 Å². The van der Waals surface area contributed by atoms with Gasteiger partial charge >= 0.3 is 11.9 Å². The van der Waals surface area contributed by atoms with Gasteiger partial charge in [0.25, 0.3) is 0 Å². The molecule has 0 spiro atoms. The molecular weight excluding hydrogens is 244 g/mol. The quantitative estimate of drug-likeness (QED) is 0.504. The molecule has 1 aliphatic heterocycles. The van der Waals surface area contributed by atoms with Crippen LogP contribution >= 0.6 is 0 Å². The Bertz CT molecular complexity index is 300. The van der Waals surface area contributed by atoms with Crippen molar-refractivity contribution in [3.05, 3.63) is 0 Å². The van der Waals surface area contributed by atoms with E-state index in [1.165, 1.54) is 28.1 Å². The molecule has 1 aliphatic rings. The van der Waals surface area contributed by atoms with Gasteiger partial charge in [0.15, 0.2) is 18.5 Å². The lowest BCUT2D eigenvalue weighted by Crippen LogP contribution is -2.44. The number of methoxy groups -OCH3 is 2. The molecule has 1 fully saturated rings. The number of hydrogen-bond acceptors (Lipinski definition) is 7. The third-order valence-electron chi connectivity index (χ3n) is 2.50. The lowest BCUT2D eigenvalue weighted by atomic mass is 10.1. The van der Waals surface area contributed by atoms with Crippen molar-refractivity contribution in [3.63, 3.8) is 0 Å². The minimum atomic E-state index is -0.740. The third-order valence-corrected chi connectivity index (χ3v) is 2.50. The number of rotatable bonds is 5. The van der Waals surface area contributed by atoms with Gasteiger partial charge in [0.2, 0.25) is 0 Å². The van der Waals surface area contributed by atoms with Crippen LogP contribution in [0.5, 0.6) is 0 Å². The Morgan fingerprint density at radius 2 is 1.67 bits per heavy atom. The van der Waals surface area contributed by atoms with Crippen LogP contribution in [0.15, 0.2) is 0 Å². The number of esters is 2. The molecule has 0 amide bonds. The molecule has 104 valence electrons. The van der Waals surface area contributed by atoms with E-state index in [-0.39, 0.29) is 6.61 Å². The van der Waals surface area contributed by atoms with Gasteiger partial charge in [-0.2, -0.15) is 0 Å². The van der Waals surface area contributed by atoms with Crippen LogP contribution in [-0.2, 0) is 33.3 Å². The van der Waals surface area contributed by atoms with Crippen molar-refractivity contribution < 1.29 is 33.3 Å². The van der Waals surface area contributed by atoms with Gasteiger partial charge in [0, 0.05) is 28.1 Å². The summed E-state index contributed by atoms with van der Waals surface area (Å²) in [5.74, 6) is -0.952. The molecule has 7 nitrogen and oxygen atoms in total. The molecule has 18 heavy (non-hydrogen) atoms. The van der Waals surface area contributed by atoms with Gasteiger partial charge in [-0.15, -0.1) is 0 Å². The van der Waals surface area contributed by atoms with Crippen molar-refractivity contribution in [1.82, 2.24) is 0 Å². The average Bonchev–Trinajstić information content (AvgIpc) is 2.63. The molecular formula is C11H18O7. The first-order valence-corrected chi connectivity index (χ1v) is 5.51. The van der Waals surface area contributed by atoms with Crippen molar-refractivity contribution in [2.45, 2.75) is 38.4 Å². The van der Waals surface area contributed by atoms with E-state index < -0.39 is 36.5 Å². The first-order valence-electron chi connectivity index (χ1n) is 5.51. The van der Waals surface area contributed by atoms with Gasteiger partial charge in [-0.1, -0.05) is 0 Å². The van der Waals surface area contributed by atoms with Gasteiger partial charge in [-0.25, -0.2) is 0 Å². The summed E-state index contributed by atoms with van der Waals surface area (Å²) in [5, 5.41) is 0. The predicted octanol–water partition coefficient (Wildman–Crippen LogP) is -0.133. The van der Waals surface area contributed by atoms with Crippen LogP contribution in [0.4, 0.5) is 0 Å². The number of ether oxygens (including phenoxy) is 5. The highest BCUT2D eigenvalue weighted by Gasteiger charge is 2.46. The maximum absolute atomic E-state index is 11.1. The molecule has 0 aliphatic carbocycles. The SMILES string of the molecule is COC(OC)C1OC[C@@H](OC(C)=O)[C@@H]1OC(C)=O. The minimum absolute atomic E-state index is 0.130. The summed E-state index contributed by atoms with van der Waals surface area (Å²) < 4.78 is 25.7. The molecule has 0 bridgehead atoms. The van der Waals surface area contributed by atoms with Gasteiger partial charge < -0.3 is 23.7 Å². The highest BCUT2D eigenvalue weighted by Crippen LogP contribution is 2.25. The Morgan fingerprint density at radius 3 is 2.11 bits per heavy atom. The van der Waals surface area contributed by atoms with Crippen LogP contribution in [0.2, 0.25) is 0 Å². The molecule has 0 aromatic carbocycles. The van der Waals surface area contributed by atoms with E-state index in [1.807, 2.05) is 0 Å². The van der Waals surface area contributed by atoms with Crippen molar-refractivity contribution >= 4 is 11.9 Å². The predicted molar refractivity (Wildman–Crippen MR) is 58.7 cm³/mol. The zero-order chi connectivity index (χ0) is 13.7. The Balaban J connectivity index is 2.78. The van der Waals surface area contributed by atoms with Crippen LogP contribution < -0.4 is 0 Å². The topological polar surface area (TPSA) is 80.3 Å². The molecule has 1 unspecified atom stereocenters. The standard InChI is InChI=1S/C11H18O7/c1-6(12)17-8-5-16-10(11(14-3)15-4)9(8)18-7(2)13/h8-11H,5H2,1-4H3/t8-,9+,10?/m1/s1. The zero-order valence-corrected chi connectivity index (χ0v) is 10.9. The Hall–Kier alpha value is -1.18. The lowest BCUT2D eigenvalue weighted by molar-refractivity contribution is -0.197. The maximum Gasteiger partial charge on any atom is 0.303 e. The fourth-order valence-electron chi connectivity index (χ4n) is 1.85. The lowest BCUT2D eigenvalue weighted by Gasteiger charge is -2.26. The Labute approximate surface area is 105 Å². The fourth-order valence-corrected chi connectivity index (χ4v) is 1.85. The van der Waals surface area contributed by atoms with Crippen LogP contribution in [0.1, 0.15) is 13.8 Å².